The Kier molecular flexibility index (Phi) is 3.41. The summed E-state index contributed by atoms with van der Waals surface area (Å²) in [5.41, 5.74) is 2.33. The lowest BCUT2D eigenvalue weighted by Gasteiger charge is -2.27. The molecule has 1 aliphatic rings. The highest BCUT2D eigenvalue weighted by Crippen LogP contribution is 2.17. The Balaban J connectivity index is 1.69. The molecule has 0 N–H and O–H groups in total. The molecule has 7 nitrogen and oxygen atoms in total. The molecule has 0 atom stereocenters. The van der Waals surface area contributed by atoms with Gasteiger partial charge in [-0.1, -0.05) is 6.07 Å². The molecular weight excluding hydrogens is 306 g/mol. The minimum atomic E-state index is -0.148. The number of hydrogen-bond acceptors (Lipinski definition) is 4. The number of hydrogen-bond donors (Lipinski definition) is 0. The summed E-state index contributed by atoms with van der Waals surface area (Å²) in [7, 11) is 0. The first-order valence-electron chi connectivity index (χ1n) is 7.99. The second kappa shape index (κ2) is 5.59. The molecule has 3 aromatic rings. The summed E-state index contributed by atoms with van der Waals surface area (Å²) >= 11 is 0. The molecule has 0 saturated heterocycles. The number of fused-ring (bicyclic) bond motifs is 2. The number of carbonyl (C=O) groups is 1. The highest BCUT2D eigenvalue weighted by molar-refractivity contribution is 5.92. The summed E-state index contributed by atoms with van der Waals surface area (Å²) in [4.78, 5) is 31.6. The highest BCUT2D eigenvalue weighted by atomic mass is 16.2. The van der Waals surface area contributed by atoms with E-state index in [9.17, 15) is 9.59 Å². The van der Waals surface area contributed by atoms with Crippen LogP contribution in [0.2, 0.25) is 0 Å². The van der Waals surface area contributed by atoms with Crippen molar-refractivity contribution in [2.24, 2.45) is 0 Å². The van der Waals surface area contributed by atoms with Gasteiger partial charge in [-0.25, -0.2) is 4.98 Å². The van der Waals surface area contributed by atoms with Crippen LogP contribution in [0.25, 0.3) is 5.65 Å². The quantitative estimate of drug-likeness (QED) is 0.708. The zero-order valence-corrected chi connectivity index (χ0v) is 13.3. The van der Waals surface area contributed by atoms with Gasteiger partial charge in [-0.2, -0.15) is 5.10 Å². The van der Waals surface area contributed by atoms with Gasteiger partial charge in [0.05, 0.1) is 17.8 Å². The molecule has 0 aliphatic carbocycles. The van der Waals surface area contributed by atoms with Gasteiger partial charge in [0.15, 0.2) is 0 Å². The van der Waals surface area contributed by atoms with E-state index in [4.69, 9.17) is 0 Å². The number of carbonyl (C=O) groups excluding carboxylic acids is 1. The summed E-state index contributed by atoms with van der Waals surface area (Å²) < 4.78 is 3.24. The van der Waals surface area contributed by atoms with Crippen molar-refractivity contribution in [2.45, 2.75) is 26.4 Å². The summed E-state index contributed by atoms with van der Waals surface area (Å²) in [6, 6.07) is 7.19. The number of aromatic nitrogens is 4. The summed E-state index contributed by atoms with van der Waals surface area (Å²) in [6.07, 6.45) is 4.07. The molecule has 3 aromatic heterocycles. The Morgan fingerprint density at radius 2 is 2.12 bits per heavy atom. The number of rotatable bonds is 2. The van der Waals surface area contributed by atoms with Gasteiger partial charge in [0.1, 0.15) is 11.3 Å². The second-order valence-corrected chi connectivity index (χ2v) is 5.80. The smallest absolute Gasteiger partial charge is 0.274 e. The van der Waals surface area contributed by atoms with Crippen molar-refractivity contribution in [3.8, 4) is 0 Å². The van der Waals surface area contributed by atoms with Crippen LogP contribution >= 0.6 is 0 Å². The lowest BCUT2D eigenvalue weighted by molar-refractivity contribution is 0.0725. The zero-order valence-electron chi connectivity index (χ0n) is 13.3. The van der Waals surface area contributed by atoms with Crippen LogP contribution < -0.4 is 5.56 Å². The molecule has 0 unspecified atom stereocenters. The normalized spacial score (nSPS) is 14.0. The van der Waals surface area contributed by atoms with Crippen LogP contribution in [0.5, 0.6) is 0 Å². The van der Waals surface area contributed by atoms with Crippen LogP contribution in [0.15, 0.2) is 41.5 Å². The maximum Gasteiger partial charge on any atom is 0.274 e. The zero-order chi connectivity index (χ0) is 16.7. The molecule has 4 rings (SSSR count). The van der Waals surface area contributed by atoms with Gasteiger partial charge in [-0.3, -0.25) is 18.7 Å². The van der Waals surface area contributed by atoms with Gasteiger partial charge in [0.2, 0.25) is 0 Å². The van der Waals surface area contributed by atoms with E-state index in [0.29, 0.717) is 36.4 Å². The fraction of sp³-hybridized carbons (Fsp3) is 0.294. The fourth-order valence-electron chi connectivity index (χ4n) is 3.04. The predicted octanol–water partition coefficient (Wildman–Crippen LogP) is 1.11. The molecule has 0 saturated carbocycles. The van der Waals surface area contributed by atoms with Gasteiger partial charge in [-0.05, 0) is 25.1 Å². The van der Waals surface area contributed by atoms with E-state index < -0.39 is 0 Å². The molecule has 0 spiro atoms. The first-order chi connectivity index (χ1) is 11.7. The second-order valence-electron chi connectivity index (χ2n) is 5.80. The Hall–Kier alpha value is -2.96. The average molecular weight is 323 g/mol. The molecule has 7 heteroatoms. The number of nitrogens with zero attached hydrogens (tertiary/aromatic N) is 5. The predicted molar refractivity (Wildman–Crippen MR) is 87.8 cm³/mol. The monoisotopic (exact) mass is 323 g/mol. The van der Waals surface area contributed by atoms with Crippen molar-refractivity contribution in [3.63, 3.8) is 0 Å². The summed E-state index contributed by atoms with van der Waals surface area (Å²) in [5, 5.41) is 4.26. The summed E-state index contributed by atoms with van der Waals surface area (Å²) in [5.74, 6) is -0.148. The van der Waals surface area contributed by atoms with Crippen LogP contribution in [0, 0.1) is 0 Å². The topological polar surface area (TPSA) is 72.5 Å². The molecule has 1 aliphatic heterocycles. The Labute approximate surface area is 138 Å². The minimum Gasteiger partial charge on any atom is -0.332 e. The SMILES string of the molecule is CCn1ccc(C(=O)N2CCc3nc4ccccn4c(=O)c3C2)n1. The molecule has 1 amide bonds. The van der Waals surface area contributed by atoms with Crippen LogP contribution in [-0.2, 0) is 19.5 Å². The van der Waals surface area contributed by atoms with Crippen molar-refractivity contribution >= 4 is 11.6 Å². The van der Waals surface area contributed by atoms with E-state index >= 15 is 0 Å². The van der Waals surface area contributed by atoms with Crippen LogP contribution in [0.4, 0.5) is 0 Å². The van der Waals surface area contributed by atoms with Crippen LogP contribution in [-0.4, -0.2) is 36.5 Å². The molecule has 4 heterocycles. The Morgan fingerprint density at radius 3 is 2.92 bits per heavy atom. The van der Waals surface area contributed by atoms with Gasteiger partial charge in [-0.15, -0.1) is 0 Å². The Morgan fingerprint density at radius 1 is 1.25 bits per heavy atom. The lowest BCUT2D eigenvalue weighted by Crippen LogP contribution is -2.40. The van der Waals surface area contributed by atoms with Gasteiger partial charge in [0.25, 0.3) is 11.5 Å². The van der Waals surface area contributed by atoms with E-state index in [-0.39, 0.29) is 18.0 Å². The standard InChI is InChI=1S/C17H17N5O2/c1-2-21-10-7-14(19-21)17(24)20-9-6-13-12(11-20)16(23)22-8-4-3-5-15(22)18-13/h3-5,7-8,10H,2,6,9,11H2,1H3. The maximum absolute atomic E-state index is 12.7. The van der Waals surface area contributed by atoms with Crippen LogP contribution in [0.3, 0.4) is 0 Å². The van der Waals surface area contributed by atoms with Crippen molar-refractivity contribution < 1.29 is 4.79 Å². The minimum absolute atomic E-state index is 0.104. The highest BCUT2D eigenvalue weighted by Gasteiger charge is 2.26. The molecular formula is C17H17N5O2. The van der Waals surface area contributed by atoms with Gasteiger partial charge < -0.3 is 4.90 Å². The molecule has 122 valence electrons. The molecule has 0 bridgehead atoms. The first kappa shape index (κ1) is 14.6. The van der Waals surface area contributed by atoms with E-state index in [1.807, 2.05) is 19.1 Å². The number of amides is 1. The third-order valence-electron chi connectivity index (χ3n) is 4.35. The lowest BCUT2D eigenvalue weighted by atomic mass is 10.1. The molecule has 24 heavy (non-hydrogen) atoms. The Bertz CT molecular complexity index is 988. The first-order valence-corrected chi connectivity index (χ1v) is 7.99. The van der Waals surface area contributed by atoms with Crippen LogP contribution in [0.1, 0.15) is 28.7 Å². The molecule has 0 fully saturated rings. The van der Waals surface area contributed by atoms with E-state index in [1.165, 1.54) is 4.40 Å². The van der Waals surface area contributed by atoms with E-state index in [2.05, 4.69) is 10.1 Å². The van der Waals surface area contributed by atoms with Crippen molar-refractivity contribution in [1.29, 1.82) is 0 Å². The van der Waals surface area contributed by atoms with E-state index in [1.54, 1.807) is 34.1 Å². The number of pyridine rings is 1. The van der Waals surface area contributed by atoms with Crippen molar-refractivity contribution in [1.82, 2.24) is 24.1 Å². The number of aryl methyl sites for hydroxylation is 1. The van der Waals surface area contributed by atoms with Crippen molar-refractivity contribution in [2.75, 3.05) is 6.54 Å². The van der Waals surface area contributed by atoms with Gasteiger partial charge in [0, 0.05) is 31.9 Å². The molecule has 0 aromatic carbocycles. The molecule has 0 radical (unpaired) electrons. The summed E-state index contributed by atoms with van der Waals surface area (Å²) in [6.45, 7) is 3.50. The largest absolute Gasteiger partial charge is 0.332 e. The van der Waals surface area contributed by atoms with Gasteiger partial charge >= 0.3 is 0 Å². The third kappa shape index (κ3) is 2.29. The van der Waals surface area contributed by atoms with E-state index in [0.717, 1.165) is 5.69 Å². The van der Waals surface area contributed by atoms with Crippen molar-refractivity contribution in [3.05, 3.63) is 64.0 Å². The fourth-order valence-corrected chi connectivity index (χ4v) is 3.04. The average Bonchev–Trinajstić information content (AvgIpc) is 3.10. The maximum atomic E-state index is 12.7. The third-order valence-corrected chi connectivity index (χ3v) is 4.35.